The largest absolute Gasteiger partial charge is 0.493 e. The molecule has 0 amide bonds. The molecule has 5 nitrogen and oxygen atoms in total. The smallest absolute Gasteiger partial charge is 0.184 e. The lowest BCUT2D eigenvalue weighted by molar-refractivity contribution is 0.350. The summed E-state index contributed by atoms with van der Waals surface area (Å²) in [5, 5.41) is 11.9. The number of aromatic nitrogens is 1. The maximum atomic E-state index is 13.3. The zero-order valence-corrected chi connectivity index (χ0v) is 11.7. The van der Waals surface area contributed by atoms with Crippen molar-refractivity contribution >= 4 is 5.69 Å². The fourth-order valence-corrected chi connectivity index (χ4v) is 1.88. The van der Waals surface area contributed by atoms with Gasteiger partial charge in [-0.3, -0.25) is 4.98 Å². The van der Waals surface area contributed by atoms with E-state index in [1.165, 1.54) is 19.2 Å². The molecule has 0 saturated heterocycles. The van der Waals surface area contributed by atoms with Gasteiger partial charge in [-0.1, -0.05) is 0 Å². The normalized spacial score (nSPS) is 9.81. The molecule has 1 heterocycles. The average molecular weight is 287 g/mol. The fraction of sp³-hybridized carbons (Fsp3) is 0.200. The highest BCUT2D eigenvalue weighted by Crippen LogP contribution is 2.29. The third-order valence-electron chi connectivity index (χ3n) is 2.91. The molecule has 0 bridgehead atoms. The first-order valence-corrected chi connectivity index (χ1v) is 6.19. The van der Waals surface area contributed by atoms with Crippen molar-refractivity contribution in [3.8, 4) is 17.6 Å². The second-order valence-corrected chi connectivity index (χ2v) is 4.15. The third-order valence-corrected chi connectivity index (χ3v) is 2.91. The van der Waals surface area contributed by atoms with Gasteiger partial charge >= 0.3 is 0 Å². The van der Waals surface area contributed by atoms with Gasteiger partial charge in [-0.05, 0) is 18.2 Å². The molecule has 0 atom stereocenters. The summed E-state index contributed by atoms with van der Waals surface area (Å²) in [6.07, 6.45) is 1.61. The first-order valence-electron chi connectivity index (χ1n) is 6.19. The number of hydrogen-bond donors (Lipinski definition) is 1. The van der Waals surface area contributed by atoms with Crippen molar-refractivity contribution in [1.29, 1.82) is 5.26 Å². The zero-order chi connectivity index (χ0) is 15.2. The Hall–Kier alpha value is -2.81. The molecule has 1 aromatic carbocycles. The van der Waals surface area contributed by atoms with Gasteiger partial charge in [0.1, 0.15) is 17.6 Å². The summed E-state index contributed by atoms with van der Waals surface area (Å²) in [4.78, 5) is 4.23. The van der Waals surface area contributed by atoms with Gasteiger partial charge in [0.05, 0.1) is 26.3 Å². The summed E-state index contributed by atoms with van der Waals surface area (Å²) in [6, 6.07) is 7.75. The molecule has 0 saturated carbocycles. The number of ether oxygens (including phenoxy) is 2. The van der Waals surface area contributed by atoms with Crippen LogP contribution < -0.4 is 14.8 Å². The van der Waals surface area contributed by atoms with Crippen LogP contribution in [0.4, 0.5) is 10.1 Å². The van der Waals surface area contributed by atoms with E-state index in [0.717, 1.165) is 0 Å². The predicted octanol–water partition coefficient (Wildman–Crippen LogP) is 2.72. The van der Waals surface area contributed by atoms with E-state index >= 15 is 0 Å². The van der Waals surface area contributed by atoms with Crippen molar-refractivity contribution < 1.29 is 13.9 Å². The predicted molar refractivity (Wildman–Crippen MR) is 75.8 cm³/mol. The van der Waals surface area contributed by atoms with Crippen LogP contribution in [0, 0.1) is 17.1 Å². The fourth-order valence-electron chi connectivity index (χ4n) is 1.88. The van der Waals surface area contributed by atoms with Gasteiger partial charge < -0.3 is 14.8 Å². The molecule has 6 heteroatoms. The summed E-state index contributed by atoms with van der Waals surface area (Å²) in [7, 11) is 3.09. The minimum Gasteiger partial charge on any atom is -0.493 e. The molecular weight excluding hydrogens is 273 g/mol. The Balaban J connectivity index is 2.19. The van der Waals surface area contributed by atoms with Crippen LogP contribution in [0.2, 0.25) is 0 Å². The number of nitriles is 1. The number of hydrogen-bond acceptors (Lipinski definition) is 5. The van der Waals surface area contributed by atoms with Crippen LogP contribution in [0.15, 0.2) is 30.5 Å². The highest BCUT2D eigenvalue weighted by molar-refractivity contribution is 5.51. The number of anilines is 1. The lowest BCUT2D eigenvalue weighted by Gasteiger charge is -2.12. The molecule has 0 radical (unpaired) electrons. The number of pyridine rings is 1. The van der Waals surface area contributed by atoms with Crippen LogP contribution in [0.3, 0.4) is 0 Å². The van der Waals surface area contributed by atoms with Crippen LogP contribution in [0.25, 0.3) is 0 Å². The van der Waals surface area contributed by atoms with Gasteiger partial charge in [0.15, 0.2) is 11.5 Å². The molecule has 0 aliphatic heterocycles. The SMILES string of the molecule is COc1ccnc(CNc2ccc(F)c(C#N)c2)c1OC. The van der Waals surface area contributed by atoms with E-state index in [4.69, 9.17) is 14.7 Å². The Kier molecular flexibility index (Phi) is 4.57. The molecule has 0 aliphatic carbocycles. The summed E-state index contributed by atoms with van der Waals surface area (Å²) >= 11 is 0. The van der Waals surface area contributed by atoms with Gasteiger partial charge in [-0.2, -0.15) is 5.26 Å². The molecular formula is C15H14FN3O2. The molecule has 0 spiro atoms. The average Bonchev–Trinajstić information content (AvgIpc) is 2.53. The standard InChI is InChI=1S/C15H14FN3O2/c1-20-14-5-6-18-13(15(14)21-2)9-19-11-3-4-12(16)10(7-11)8-17/h3-7,19H,9H2,1-2H3. The van der Waals surface area contributed by atoms with Crippen LogP contribution >= 0.6 is 0 Å². The Morgan fingerprint density at radius 3 is 2.76 bits per heavy atom. The molecule has 2 rings (SSSR count). The van der Waals surface area contributed by atoms with Gasteiger partial charge in [-0.25, -0.2) is 4.39 Å². The molecule has 0 unspecified atom stereocenters. The second-order valence-electron chi connectivity index (χ2n) is 4.15. The monoisotopic (exact) mass is 287 g/mol. The Labute approximate surface area is 122 Å². The van der Waals surface area contributed by atoms with E-state index in [2.05, 4.69) is 10.3 Å². The maximum Gasteiger partial charge on any atom is 0.184 e. The molecule has 1 N–H and O–H groups in total. The van der Waals surface area contributed by atoms with Crippen LogP contribution in [0.1, 0.15) is 11.3 Å². The quantitative estimate of drug-likeness (QED) is 0.915. The Morgan fingerprint density at radius 2 is 2.10 bits per heavy atom. The van der Waals surface area contributed by atoms with Crippen molar-refractivity contribution in [3.63, 3.8) is 0 Å². The lowest BCUT2D eigenvalue weighted by atomic mass is 10.2. The summed E-state index contributed by atoms with van der Waals surface area (Å²) in [5.74, 6) is 0.580. The number of nitrogens with zero attached hydrogens (tertiary/aromatic N) is 2. The molecule has 21 heavy (non-hydrogen) atoms. The van der Waals surface area contributed by atoms with Crippen molar-refractivity contribution in [2.45, 2.75) is 6.54 Å². The third kappa shape index (κ3) is 3.20. The number of methoxy groups -OCH3 is 2. The van der Waals surface area contributed by atoms with E-state index in [-0.39, 0.29) is 5.56 Å². The van der Waals surface area contributed by atoms with E-state index in [0.29, 0.717) is 29.4 Å². The van der Waals surface area contributed by atoms with Gasteiger partial charge in [-0.15, -0.1) is 0 Å². The van der Waals surface area contributed by atoms with Gasteiger partial charge in [0.2, 0.25) is 0 Å². The van der Waals surface area contributed by atoms with Crippen molar-refractivity contribution in [3.05, 3.63) is 47.5 Å². The van der Waals surface area contributed by atoms with E-state index in [1.54, 1.807) is 31.5 Å². The highest BCUT2D eigenvalue weighted by Gasteiger charge is 2.11. The summed E-state index contributed by atoms with van der Waals surface area (Å²) < 4.78 is 23.7. The van der Waals surface area contributed by atoms with Gasteiger partial charge in [0, 0.05) is 18.0 Å². The Morgan fingerprint density at radius 1 is 1.29 bits per heavy atom. The van der Waals surface area contributed by atoms with Crippen molar-refractivity contribution in [1.82, 2.24) is 4.98 Å². The summed E-state index contributed by atoms with van der Waals surface area (Å²) in [6.45, 7) is 0.358. The minimum absolute atomic E-state index is 0.00873. The number of halogens is 1. The number of rotatable bonds is 5. The van der Waals surface area contributed by atoms with E-state index < -0.39 is 5.82 Å². The second kappa shape index (κ2) is 6.57. The lowest BCUT2D eigenvalue weighted by Crippen LogP contribution is -2.05. The molecule has 0 fully saturated rings. The Bertz CT molecular complexity index is 683. The minimum atomic E-state index is -0.542. The number of nitrogens with one attached hydrogen (secondary N) is 1. The van der Waals surface area contributed by atoms with Crippen LogP contribution in [-0.2, 0) is 6.54 Å². The molecule has 0 aliphatic rings. The van der Waals surface area contributed by atoms with Crippen LogP contribution in [-0.4, -0.2) is 19.2 Å². The van der Waals surface area contributed by atoms with Crippen molar-refractivity contribution in [2.75, 3.05) is 19.5 Å². The number of benzene rings is 1. The summed E-state index contributed by atoms with van der Waals surface area (Å²) in [5.41, 5.74) is 1.27. The van der Waals surface area contributed by atoms with Crippen LogP contribution in [0.5, 0.6) is 11.5 Å². The zero-order valence-electron chi connectivity index (χ0n) is 11.7. The van der Waals surface area contributed by atoms with Gasteiger partial charge in [0.25, 0.3) is 0 Å². The first kappa shape index (κ1) is 14.6. The van der Waals surface area contributed by atoms with Crippen molar-refractivity contribution in [2.24, 2.45) is 0 Å². The maximum absolute atomic E-state index is 13.3. The van der Waals surface area contributed by atoms with E-state index in [1.807, 2.05) is 0 Å². The molecule has 1 aromatic heterocycles. The topological polar surface area (TPSA) is 67.2 Å². The van der Waals surface area contributed by atoms with E-state index in [9.17, 15) is 4.39 Å². The first-order chi connectivity index (χ1) is 10.2. The molecule has 108 valence electrons. The highest BCUT2D eigenvalue weighted by atomic mass is 19.1. The molecule has 2 aromatic rings.